The highest BCUT2D eigenvalue weighted by Crippen LogP contribution is 2.09. The predicted molar refractivity (Wildman–Crippen MR) is 61.2 cm³/mol. The van der Waals surface area contributed by atoms with Crippen molar-refractivity contribution in [1.82, 2.24) is 5.32 Å². The first-order chi connectivity index (χ1) is 7.19. The zero-order chi connectivity index (χ0) is 11.8. The highest BCUT2D eigenvalue weighted by molar-refractivity contribution is 6.01. The van der Waals surface area contributed by atoms with E-state index in [9.17, 15) is 9.59 Å². The van der Waals surface area contributed by atoms with Crippen molar-refractivity contribution >= 4 is 12.2 Å². The van der Waals surface area contributed by atoms with Crippen LogP contribution < -0.4 is 5.32 Å². The Morgan fingerprint density at radius 2 is 2.00 bits per heavy atom. The van der Waals surface area contributed by atoms with Crippen LogP contribution in [0.5, 0.6) is 0 Å². The van der Waals surface area contributed by atoms with E-state index in [4.69, 9.17) is 0 Å². The molecule has 1 aromatic carbocycles. The van der Waals surface area contributed by atoms with Crippen LogP contribution in [0.25, 0.3) is 0 Å². The molecule has 0 unspecified atom stereocenters. The number of benzene rings is 1. The van der Waals surface area contributed by atoms with E-state index in [1.54, 1.807) is 18.2 Å². The first-order valence-electron chi connectivity index (χ1n) is 4.47. The maximum atomic E-state index is 11.2. The van der Waals surface area contributed by atoms with E-state index in [1.807, 2.05) is 6.92 Å². The molecule has 0 fully saturated rings. The Balaban J connectivity index is 0.000000921. The molecule has 0 spiro atoms. The number of amides is 1. The second-order valence-electron chi connectivity index (χ2n) is 2.79. The summed E-state index contributed by atoms with van der Waals surface area (Å²) in [5.41, 5.74) is 1.82. The molecule has 0 saturated heterocycles. The number of aldehydes is 1. The van der Waals surface area contributed by atoms with Crippen LogP contribution in [0.1, 0.15) is 26.3 Å². The van der Waals surface area contributed by atoms with Gasteiger partial charge in [0.25, 0.3) is 5.91 Å². The molecule has 0 heterocycles. The Labute approximate surface area is 89.8 Å². The van der Waals surface area contributed by atoms with Crippen molar-refractivity contribution in [3.8, 4) is 0 Å². The molecular formula is C12H15NO2. The molecule has 0 radical (unpaired) electrons. The number of nitrogens with one attached hydrogen (secondary N) is 1. The first-order valence-corrected chi connectivity index (χ1v) is 4.47. The lowest BCUT2D eigenvalue weighted by Crippen LogP contribution is -2.19. The molecule has 1 N–H and O–H groups in total. The number of rotatable bonds is 2. The highest BCUT2D eigenvalue weighted by Gasteiger charge is 2.08. The molecular weight excluding hydrogens is 190 g/mol. The van der Waals surface area contributed by atoms with E-state index in [2.05, 4.69) is 18.5 Å². The molecule has 0 aromatic heterocycles. The molecule has 1 rings (SSSR count). The van der Waals surface area contributed by atoms with Gasteiger partial charge in [-0.1, -0.05) is 11.6 Å². The quantitative estimate of drug-likeness (QED) is 0.592. The first kappa shape index (κ1) is 13.1. The summed E-state index contributed by atoms with van der Waals surface area (Å²) in [6, 6.07) is 5.15. The van der Waals surface area contributed by atoms with Gasteiger partial charge in [0.15, 0.2) is 6.29 Å². The lowest BCUT2D eigenvalue weighted by atomic mass is 10.1. The number of carbonyl (C=O) groups excluding carboxylic acids is 2. The maximum absolute atomic E-state index is 11.2. The topological polar surface area (TPSA) is 46.2 Å². The molecule has 0 aliphatic carbocycles. The summed E-state index contributed by atoms with van der Waals surface area (Å²) in [5, 5.41) is 2.48. The summed E-state index contributed by atoms with van der Waals surface area (Å²) >= 11 is 0. The van der Waals surface area contributed by atoms with Crippen molar-refractivity contribution in [1.29, 1.82) is 0 Å². The smallest absolute Gasteiger partial charge is 0.251 e. The Morgan fingerprint density at radius 3 is 2.47 bits per heavy atom. The van der Waals surface area contributed by atoms with Gasteiger partial charge >= 0.3 is 0 Å². The van der Waals surface area contributed by atoms with Crippen LogP contribution in [0.4, 0.5) is 0 Å². The molecule has 0 saturated carbocycles. The second-order valence-corrected chi connectivity index (χ2v) is 2.79. The molecule has 1 amide bonds. The van der Waals surface area contributed by atoms with Crippen molar-refractivity contribution in [3.05, 3.63) is 48.0 Å². The van der Waals surface area contributed by atoms with Gasteiger partial charge < -0.3 is 5.32 Å². The minimum Gasteiger partial charge on any atom is -0.355 e. The zero-order valence-corrected chi connectivity index (χ0v) is 9.04. The number of hydrogen-bond acceptors (Lipinski definition) is 2. The number of hydrogen-bond donors (Lipinski definition) is 1. The van der Waals surface area contributed by atoms with Crippen LogP contribution >= 0.6 is 0 Å². The van der Waals surface area contributed by atoms with Crippen LogP contribution in [-0.4, -0.2) is 19.2 Å². The van der Waals surface area contributed by atoms with E-state index in [0.29, 0.717) is 17.4 Å². The third-order valence-electron chi connectivity index (χ3n) is 1.81. The maximum Gasteiger partial charge on any atom is 0.251 e. The van der Waals surface area contributed by atoms with Crippen LogP contribution in [-0.2, 0) is 0 Å². The van der Waals surface area contributed by atoms with Crippen molar-refractivity contribution in [2.24, 2.45) is 0 Å². The van der Waals surface area contributed by atoms with Gasteiger partial charge in [0.1, 0.15) is 0 Å². The molecule has 0 aliphatic rings. The molecule has 15 heavy (non-hydrogen) atoms. The number of carbonyl (C=O) groups is 2. The highest BCUT2D eigenvalue weighted by atomic mass is 16.1. The van der Waals surface area contributed by atoms with Crippen LogP contribution in [0.3, 0.4) is 0 Å². The van der Waals surface area contributed by atoms with Gasteiger partial charge in [0, 0.05) is 18.2 Å². The Hall–Kier alpha value is -1.90. The van der Waals surface area contributed by atoms with E-state index in [0.717, 1.165) is 5.56 Å². The fraction of sp³-hybridized carbons (Fsp3) is 0.167. The molecule has 3 heteroatoms. The van der Waals surface area contributed by atoms with Crippen molar-refractivity contribution in [3.63, 3.8) is 0 Å². The molecule has 80 valence electrons. The Kier molecular flexibility index (Phi) is 5.71. The third kappa shape index (κ3) is 3.38. The van der Waals surface area contributed by atoms with Crippen LogP contribution in [0.2, 0.25) is 0 Å². The van der Waals surface area contributed by atoms with Crippen molar-refractivity contribution in [2.75, 3.05) is 7.05 Å². The summed E-state index contributed by atoms with van der Waals surface area (Å²) in [4.78, 5) is 21.9. The Bertz CT molecular complexity index is 359. The summed E-state index contributed by atoms with van der Waals surface area (Å²) in [6.07, 6.45) is 0.692. The van der Waals surface area contributed by atoms with E-state index < -0.39 is 0 Å². The van der Waals surface area contributed by atoms with Gasteiger partial charge in [-0.05, 0) is 19.1 Å². The second kappa shape index (κ2) is 6.54. The van der Waals surface area contributed by atoms with Gasteiger partial charge in [0.05, 0.1) is 0 Å². The molecule has 0 aliphatic heterocycles. The van der Waals surface area contributed by atoms with Crippen LogP contribution in [0, 0.1) is 6.92 Å². The van der Waals surface area contributed by atoms with E-state index >= 15 is 0 Å². The summed E-state index contributed by atoms with van der Waals surface area (Å²) in [6.45, 7) is 7.88. The van der Waals surface area contributed by atoms with E-state index in [-0.39, 0.29) is 5.91 Å². The van der Waals surface area contributed by atoms with E-state index in [1.165, 1.54) is 7.05 Å². The zero-order valence-electron chi connectivity index (χ0n) is 9.04. The standard InChI is InChI=1S/C10H11NO2.C2H4/c1-7-3-4-9(10(13)11-2)8(5-7)6-12;1-2/h3-6H,1-2H3,(H,11,13);1-2H2. The average Bonchev–Trinajstić information content (AvgIpc) is 2.30. The summed E-state index contributed by atoms with van der Waals surface area (Å²) in [7, 11) is 1.54. The molecule has 0 bridgehead atoms. The van der Waals surface area contributed by atoms with Gasteiger partial charge in [-0.3, -0.25) is 9.59 Å². The molecule has 0 atom stereocenters. The van der Waals surface area contributed by atoms with Gasteiger partial charge in [-0.25, -0.2) is 0 Å². The summed E-state index contributed by atoms with van der Waals surface area (Å²) in [5.74, 6) is -0.234. The average molecular weight is 205 g/mol. The predicted octanol–water partition coefficient (Wildman–Crippen LogP) is 1.97. The SMILES string of the molecule is C=C.CNC(=O)c1ccc(C)cc1C=O. The van der Waals surface area contributed by atoms with Crippen molar-refractivity contribution in [2.45, 2.75) is 6.92 Å². The minimum absolute atomic E-state index is 0.234. The van der Waals surface area contributed by atoms with Gasteiger partial charge in [-0.15, -0.1) is 13.2 Å². The minimum atomic E-state index is -0.234. The largest absolute Gasteiger partial charge is 0.355 e. The monoisotopic (exact) mass is 205 g/mol. The van der Waals surface area contributed by atoms with Crippen LogP contribution in [0.15, 0.2) is 31.4 Å². The van der Waals surface area contributed by atoms with Gasteiger partial charge in [0.2, 0.25) is 0 Å². The number of aryl methyl sites for hydroxylation is 1. The fourth-order valence-corrected chi connectivity index (χ4v) is 1.12. The lowest BCUT2D eigenvalue weighted by Gasteiger charge is -2.03. The normalized spacial score (nSPS) is 8.40. The fourth-order valence-electron chi connectivity index (χ4n) is 1.12. The molecule has 3 nitrogen and oxygen atoms in total. The van der Waals surface area contributed by atoms with Gasteiger partial charge in [-0.2, -0.15) is 0 Å². The Morgan fingerprint density at radius 1 is 1.40 bits per heavy atom. The molecule has 1 aromatic rings. The summed E-state index contributed by atoms with van der Waals surface area (Å²) < 4.78 is 0. The lowest BCUT2D eigenvalue weighted by molar-refractivity contribution is 0.0957. The third-order valence-corrected chi connectivity index (χ3v) is 1.81. The van der Waals surface area contributed by atoms with Crippen molar-refractivity contribution < 1.29 is 9.59 Å².